The summed E-state index contributed by atoms with van der Waals surface area (Å²) in [7, 11) is 0. The number of nitrogens with zero attached hydrogens (tertiary/aromatic N) is 2. The van der Waals surface area contributed by atoms with Crippen molar-refractivity contribution in [2.24, 2.45) is 9.98 Å². The molecule has 1 aliphatic rings. The minimum absolute atomic E-state index is 0.407. The molecular weight excluding hydrogens is 136 g/mol. The quantitative estimate of drug-likeness (QED) is 0.530. The topological polar surface area (TPSA) is 79.1 Å². The summed E-state index contributed by atoms with van der Waals surface area (Å²) in [6.45, 7) is 1.08. The third-order valence-corrected chi connectivity index (χ3v) is 0.437. The Morgan fingerprint density at radius 1 is 1.50 bits per heavy atom. The molecule has 1 N–H and O–H groups in total. The summed E-state index contributed by atoms with van der Waals surface area (Å²) < 4.78 is 0. The molecule has 0 aliphatic carbocycles. The summed E-state index contributed by atoms with van der Waals surface area (Å²) in [5.74, 6) is -0.833. The lowest BCUT2D eigenvalue weighted by molar-refractivity contribution is -0.134. The molecule has 0 unspecified atom stereocenters. The number of aliphatic imine (C=N–C) groups is 2. The Morgan fingerprint density at radius 2 is 1.80 bits per heavy atom. The third kappa shape index (κ3) is 6.48. The summed E-state index contributed by atoms with van der Waals surface area (Å²) >= 11 is 0. The Balaban J connectivity index is 0.000000180. The van der Waals surface area contributed by atoms with Gasteiger partial charge >= 0.3 is 6.03 Å². The molecule has 0 saturated carbocycles. The molecule has 1 heterocycles. The molecule has 5 heteroatoms. The van der Waals surface area contributed by atoms with Gasteiger partial charge in [0.2, 0.25) is 0 Å². The first-order chi connectivity index (χ1) is 4.63. The third-order valence-electron chi connectivity index (χ3n) is 0.437. The van der Waals surface area contributed by atoms with E-state index in [1.54, 1.807) is 0 Å². The molecule has 0 radical (unpaired) electrons. The molecule has 0 saturated heterocycles. The van der Waals surface area contributed by atoms with Crippen molar-refractivity contribution in [3.63, 3.8) is 0 Å². The van der Waals surface area contributed by atoms with E-state index in [0.717, 1.165) is 6.92 Å². The Hall–Kier alpha value is -1.52. The number of hydrogen-bond acceptors (Lipinski definition) is 2. The van der Waals surface area contributed by atoms with Gasteiger partial charge in [0.15, 0.2) is 0 Å². The average molecular weight is 142 g/mol. The van der Waals surface area contributed by atoms with E-state index >= 15 is 0 Å². The van der Waals surface area contributed by atoms with Gasteiger partial charge in [-0.05, 0) is 0 Å². The van der Waals surface area contributed by atoms with Crippen molar-refractivity contribution in [3.05, 3.63) is 0 Å². The molecule has 0 aromatic heterocycles. The van der Waals surface area contributed by atoms with Crippen LogP contribution in [0.2, 0.25) is 0 Å². The first kappa shape index (κ1) is 8.48. The number of urea groups is 1. The van der Waals surface area contributed by atoms with Gasteiger partial charge in [-0.15, -0.1) is 0 Å². The fourth-order valence-electron chi connectivity index (χ4n) is 0.228. The Kier molecular flexibility index (Phi) is 3.70. The zero-order valence-electron chi connectivity index (χ0n) is 5.31. The van der Waals surface area contributed by atoms with Gasteiger partial charge in [-0.3, -0.25) is 4.79 Å². The van der Waals surface area contributed by atoms with Gasteiger partial charge in [0.25, 0.3) is 5.97 Å². The molecule has 5 nitrogen and oxygen atoms in total. The van der Waals surface area contributed by atoms with Gasteiger partial charge in [-0.25, -0.2) is 4.79 Å². The van der Waals surface area contributed by atoms with Crippen LogP contribution in [0.4, 0.5) is 4.79 Å². The second-order valence-corrected chi connectivity index (χ2v) is 1.36. The molecule has 0 bridgehead atoms. The maximum Gasteiger partial charge on any atom is 0.367 e. The molecule has 2 amide bonds. The number of carboxylic acids is 1. The van der Waals surface area contributed by atoms with Gasteiger partial charge < -0.3 is 5.11 Å². The van der Waals surface area contributed by atoms with Crippen LogP contribution in [0.1, 0.15) is 6.92 Å². The van der Waals surface area contributed by atoms with Crippen molar-refractivity contribution in [1.29, 1.82) is 0 Å². The van der Waals surface area contributed by atoms with E-state index in [1.165, 1.54) is 12.4 Å². The molecule has 10 heavy (non-hydrogen) atoms. The van der Waals surface area contributed by atoms with Gasteiger partial charge in [0.1, 0.15) is 0 Å². The molecule has 0 fully saturated rings. The average Bonchev–Trinajstić information content (AvgIpc) is 2.15. The minimum Gasteiger partial charge on any atom is -0.481 e. The van der Waals surface area contributed by atoms with Gasteiger partial charge in [0, 0.05) is 6.92 Å². The summed E-state index contributed by atoms with van der Waals surface area (Å²) in [4.78, 5) is 25.3. The largest absolute Gasteiger partial charge is 0.481 e. The zero-order valence-corrected chi connectivity index (χ0v) is 5.31. The summed E-state index contributed by atoms with van der Waals surface area (Å²) in [6, 6.07) is -0.407. The first-order valence-electron chi connectivity index (χ1n) is 2.43. The molecule has 1 rings (SSSR count). The summed E-state index contributed by atoms with van der Waals surface area (Å²) in [6.07, 6.45) is 2.73. The SMILES string of the molecule is CC(=O)O.O=C1N=CC=N1. The van der Waals surface area contributed by atoms with Crippen LogP contribution in [-0.2, 0) is 4.79 Å². The Labute approximate surface area is 57.1 Å². The summed E-state index contributed by atoms with van der Waals surface area (Å²) in [5, 5.41) is 7.42. The molecule has 0 atom stereocenters. The monoisotopic (exact) mass is 142 g/mol. The maximum atomic E-state index is 9.85. The lowest BCUT2D eigenvalue weighted by Gasteiger charge is -1.62. The number of carbonyl (C=O) groups excluding carboxylic acids is 1. The fourth-order valence-corrected chi connectivity index (χ4v) is 0.228. The predicted octanol–water partition coefficient (Wildman–Crippen LogP) is 0.352. The summed E-state index contributed by atoms with van der Waals surface area (Å²) in [5.41, 5.74) is 0. The van der Waals surface area contributed by atoms with Gasteiger partial charge in [-0.1, -0.05) is 0 Å². The van der Waals surface area contributed by atoms with E-state index in [1.807, 2.05) is 0 Å². The number of amides is 2. The smallest absolute Gasteiger partial charge is 0.367 e. The Morgan fingerprint density at radius 3 is 1.90 bits per heavy atom. The van der Waals surface area contributed by atoms with Crippen molar-refractivity contribution in [3.8, 4) is 0 Å². The highest BCUT2D eigenvalue weighted by atomic mass is 16.4. The minimum atomic E-state index is -0.833. The van der Waals surface area contributed by atoms with Crippen molar-refractivity contribution < 1.29 is 14.7 Å². The number of carboxylic acid groups (broad SMARTS) is 1. The Bertz CT molecular complexity index is 177. The lowest BCUT2D eigenvalue weighted by Crippen LogP contribution is -1.78. The van der Waals surface area contributed by atoms with E-state index in [-0.39, 0.29) is 0 Å². The second-order valence-electron chi connectivity index (χ2n) is 1.36. The number of aliphatic carboxylic acids is 1. The normalized spacial score (nSPS) is 12.7. The second kappa shape index (κ2) is 4.37. The van der Waals surface area contributed by atoms with E-state index in [9.17, 15) is 4.79 Å². The number of hydrogen-bond donors (Lipinski definition) is 1. The van der Waals surface area contributed by atoms with Crippen molar-refractivity contribution >= 4 is 24.4 Å². The maximum absolute atomic E-state index is 9.85. The molecule has 54 valence electrons. The van der Waals surface area contributed by atoms with Gasteiger partial charge in [-0.2, -0.15) is 9.98 Å². The van der Waals surface area contributed by atoms with Crippen LogP contribution in [0.25, 0.3) is 0 Å². The molecule has 0 aromatic carbocycles. The highest BCUT2D eigenvalue weighted by molar-refractivity contribution is 6.25. The first-order valence-corrected chi connectivity index (χ1v) is 2.43. The molecule has 0 aromatic rings. The predicted molar refractivity (Wildman–Crippen MR) is 35.7 cm³/mol. The van der Waals surface area contributed by atoms with E-state index in [2.05, 4.69) is 9.98 Å². The highest BCUT2D eigenvalue weighted by Crippen LogP contribution is 1.81. The molecule has 0 spiro atoms. The number of rotatable bonds is 0. The van der Waals surface area contributed by atoms with Crippen molar-refractivity contribution in [2.45, 2.75) is 6.92 Å². The highest BCUT2D eigenvalue weighted by Gasteiger charge is 1.91. The lowest BCUT2D eigenvalue weighted by atomic mass is 10.9. The fraction of sp³-hybridized carbons (Fsp3) is 0.200. The number of carbonyl (C=O) groups is 2. The van der Waals surface area contributed by atoms with Crippen LogP contribution in [0.15, 0.2) is 9.98 Å². The van der Waals surface area contributed by atoms with E-state index in [0.29, 0.717) is 0 Å². The molecular formula is C5H6N2O3. The van der Waals surface area contributed by atoms with Crippen LogP contribution < -0.4 is 0 Å². The van der Waals surface area contributed by atoms with Crippen LogP contribution in [-0.4, -0.2) is 29.5 Å². The van der Waals surface area contributed by atoms with Crippen LogP contribution >= 0.6 is 0 Å². The van der Waals surface area contributed by atoms with Crippen LogP contribution in [0.5, 0.6) is 0 Å². The van der Waals surface area contributed by atoms with E-state index in [4.69, 9.17) is 9.90 Å². The van der Waals surface area contributed by atoms with Crippen molar-refractivity contribution in [2.75, 3.05) is 0 Å². The van der Waals surface area contributed by atoms with Crippen LogP contribution in [0.3, 0.4) is 0 Å². The van der Waals surface area contributed by atoms with Crippen LogP contribution in [0, 0.1) is 0 Å². The standard InChI is InChI=1S/C3H2N2O.C2H4O2/c6-3-4-1-2-5-3;1-2(3)4/h1-2H;1H3,(H,3,4). The van der Waals surface area contributed by atoms with Crippen molar-refractivity contribution in [1.82, 2.24) is 0 Å². The zero-order chi connectivity index (χ0) is 7.98. The van der Waals surface area contributed by atoms with E-state index < -0.39 is 12.0 Å². The molecule has 1 aliphatic heterocycles. The van der Waals surface area contributed by atoms with Gasteiger partial charge in [0.05, 0.1) is 12.4 Å².